The van der Waals surface area contributed by atoms with Crippen LogP contribution < -0.4 is 5.73 Å². The summed E-state index contributed by atoms with van der Waals surface area (Å²) in [4.78, 5) is 6.39. The lowest BCUT2D eigenvalue weighted by molar-refractivity contribution is 0.241. The third kappa shape index (κ3) is 3.15. The van der Waals surface area contributed by atoms with Crippen molar-refractivity contribution in [2.45, 2.75) is 12.6 Å². The summed E-state index contributed by atoms with van der Waals surface area (Å²) in [5.74, 6) is 0. The van der Waals surface area contributed by atoms with Gasteiger partial charge in [-0.1, -0.05) is 36.4 Å². The lowest BCUT2D eigenvalue weighted by Crippen LogP contribution is -2.30. The molecule has 0 saturated heterocycles. The molecule has 0 spiro atoms. The molecule has 1 heterocycles. The number of rotatable bonds is 5. The molecule has 3 nitrogen and oxygen atoms in total. The number of aromatic nitrogens is 1. The summed E-state index contributed by atoms with van der Waals surface area (Å²) in [5.41, 5.74) is 8.36. The minimum absolute atomic E-state index is 0.242. The van der Waals surface area contributed by atoms with Gasteiger partial charge in [-0.2, -0.15) is 0 Å². The molecule has 3 heteroatoms. The molecular formula is C15H19N3. The van der Waals surface area contributed by atoms with Crippen LogP contribution in [0.2, 0.25) is 0 Å². The molecular weight excluding hydrogens is 222 g/mol. The molecule has 0 aliphatic carbocycles. The molecule has 0 saturated carbocycles. The molecule has 94 valence electrons. The quantitative estimate of drug-likeness (QED) is 0.872. The van der Waals surface area contributed by atoms with Crippen LogP contribution in [0.5, 0.6) is 0 Å². The Bertz CT molecular complexity index is 456. The maximum atomic E-state index is 5.90. The van der Waals surface area contributed by atoms with Gasteiger partial charge in [0.25, 0.3) is 0 Å². The smallest absolute Gasteiger partial charge is 0.0470 e. The van der Waals surface area contributed by atoms with Gasteiger partial charge in [-0.05, 0) is 24.2 Å². The summed E-state index contributed by atoms with van der Waals surface area (Å²) in [5, 5.41) is 0. The first-order valence-electron chi connectivity index (χ1n) is 6.15. The highest BCUT2D eigenvalue weighted by molar-refractivity contribution is 5.20. The Morgan fingerprint density at radius 2 is 1.94 bits per heavy atom. The SMILES string of the molecule is CN(Cc1cccnc1)C(CN)c1ccccc1. The number of hydrogen-bond acceptors (Lipinski definition) is 3. The Morgan fingerprint density at radius 1 is 1.17 bits per heavy atom. The molecule has 2 N–H and O–H groups in total. The van der Waals surface area contributed by atoms with E-state index in [1.165, 1.54) is 11.1 Å². The third-order valence-corrected chi connectivity index (χ3v) is 3.09. The van der Waals surface area contributed by atoms with Gasteiger partial charge in [-0.25, -0.2) is 0 Å². The molecule has 0 aliphatic rings. The van der Waals surface area contributed by atoms with Crippen molar-refractivity contribution in [1.29, 1.82) is 0 Å². The highest BCUT2D eigenvalue weighted by Crippen LogP contribution is 2.19. The van der Waals surface area contributed by atoms with E-state index in [2.05, 4.69) is 47.3 Å². The summed E-state index contributed by atoms with van der Waals surface area (Å²) in [7, 11) is 2.09. The number of nitrogens with zero attached hydrogens (tertiary/aromatic N) is 2. The van der Waals surface area contributed by atoms with E-state index in [1.54, 1.807) is 6.20 Å². The van der Waals surface area contributed by atoms with Gasteiger partial charge in [0.05, 0.1) is 0 Å². The van der Waals surface area contributed by atoms with Crippen molar-refractivity contribution in [2.24, 2.45) is 5.73 Å². The second kappa shape index (κ2) is 6.28. The van der Waals surface area contributed by atoms with Crippen LogP contribution in [-0.4, -0.2) is 23.5 Å². The van der Waals surface area contributed by atoms with Crippen molar-refractivity contribution in [3.05, 3.63) is 66.0 Å². The molecule has 0 bridgehead atoms. The van der Waals surface area contributed by atoms with E-state index in [1.807, 2.05) is 18.3 Å². The van der Waals surface area contributed by atoms with Crippen molar-refractivity contribution in [3.63, 3.8) is 0 Å². The molecule has 2 rings (SSSR count). The lowest BCUT2D eigenvalue weighted by Gasteiger charge is -2.27. The summed E-state index contributed by atoms with van der Waals surface area (Å²) >= 11 is 0. The van der Waals surface area contributed by atoms with Crippen LogP contribution in [0.1, 0.15) is 17.2 Å². The topological polar surface area (TPSA) is 42.2 Å². The van der Waals surface area contributed by atoms with Crippen molar-refractivity contribution >= 4 is 0 Å². The normalized spacial score (nSPS) is 12.6. The van der Waals surface area contributed by atoms with Gasteiger partial charge >= 0.3 is 0 Å². The van der Waals surface area contributed by atoms with E-state index in [0.29, 0.717) is 6.54 Å². The number of pyridine rings is 1. The van der Waals surface area contributed by atoms with Gasteiger partial charge in [-0.15, -0.1) is 0 Å². The second-order valence-electron chi connectivity index (χ2n) is 4.44. The standard InChI is InChI=1S/C15H19N3/c1-18(12-13-6-5-9-17-11-13)15(10-16)14-7-3-2-4-8-14/h2-9,11,15H,10,12,16H2,1H3. The fourth-order valence-electron chi connectivity index (χ4n) is 2.14. The fraction of sp³-hybridized carbons (Fsp3) is 0.267. The van der Waals surface area contributed by atoms with E-state index in [9.17, 15) is 0 Å². The minimum Gasteiger partial charge on any atom is -0.329 e. The van der Waals surface area contributed by atoms with Gasteiger partial charge in [0.2, 0.25) is 0 Å². The maximum Gasteiger partial charge on any atom is 0.0470 e. The van der Waals surface area contributed by atoms with Crippen LogP contribution >= 0.6 is 0 Å². The van der Waals surface area contributed by atoms with E-state index < -0.39 is 0 Å². The Kier molecular flexibility index (Phi) is 4.45. The van der Waals surface area contributed by atoms with Crippen LogP contribution in [0, 0.1) is 0 Å². The Morgan fingerprint density at radius 3 is 2.56 bits per heavy atom. The molecule has 1 aromatic carbocycles. The van der Waals surface area contributed by atoms with Gasteiger partial charge in [0, 0.05) is 31.5 Å². The average molecular weight is 241 g/mol. The molecule has 1 atom stereocenters. The Hall–Kier alpha value is -1.71. The first-order valence-corrected chi connectivity index (χ1v) is 6.15. The molecule has 2 aromatic rings. The maximum absolute atomic E-state index is 5.90. The van der Waals surface area contributed by atoms with Crippen molar-refractivity contribution in [3.8, 4) is 0 Å². The number of likely N-dealkylation sites (N-methyl/N-ethyl adjacent to an activating group) is 1. The zero-order chi connectivity index (χ0) is 12.8. The predicted molar refractivity (Wildman–Crippen MR) is 73.9 cm³/mol. The summed E-state index contributed by atoms with van der Waals surface area (Å²) in [6.45, 7) is 1.46. The number of benzene rings is 1. The van der Waals surface area contributed by atoms with Gasteiger partial charge < -0.3 is 5.73 Å². The van der Waals surface area contributed by atoms with Crippen LogP contribution in [-0.2, 0) is 6.54 Å². The third-order valence-electron chi connectivity index (χ3n) is 3.09. The monoisotopic (exact) mass is 241 g/mol. The number of nitrogens with two attached hydrogens (primary N) is 1. The van der Waals surface area contributed by atoms with Crippen molar-refractivity contribution in [1.82, 2.24) is 9.88 Å². The van der Waals surface area contributed by atoms with E-state index >= 15 is 0 Å². The highest BCUT2D eigenvalue weighted by atomic mass is 15.1. The molecule has 0 aliphatic heterocycles. The Labute approximate surface area is 108 Å². The van der Waals surface area contributed by atoms with Crippen LogP contribution in [0.25, 0.3) is 0 Å². The van der Waals surface area contributed by atoms with Crippen LogP contribution in [0.4, 0.5) is 0 Å². The molecule has 0 fully saturated rings. The van der Waals surface area contributed by atoms with Crippen LogP contribution in [0.15, 0.2) is 54.9 Å². The lowest BCUT2D eigenvalue weighted by atomic mass is 10.1. The fourth-order valence-corrected chi connectivity index (χ4v) is 2.14. The summed E-state index contributed by atoms with van der Waals surface area (Å²) in [6, 6.07) is 14.7. The minimum atomic E-state index is 0.242. The van der Waals surface area contributed by atoms with Crippen molar-refractivity contribution in [2.75, 3.05) is 13.6 Å². The van der Waals surface area contributed by atoms with Gasteiger partial charge in [0.15, 0.2) is 0 Å². The van der Waals surface area contributed by atoms with Gasteiger partial charge in [-0.3, -0.25) is 9.88 Å². The summed E-state index contributed by atoms with van der Waals surface area (Å²) < 4.78 is 0. The zero-order valence-electron chi connectivity index (χ0n) is 10.7. The first-order chi connectivity index (χ1) is 8.81. The first kappa shape index (κ1) is 12.7. The highest BCUT2D eigenvalue weighted by Gasteiger charge is 2.15. The molecule has 1 unspecified atom stereocenters. The predicted octanol–water partition coefficient (Wildman–Crippen LogP) is 2.21. The van der Waals surface area contributed by atoms with Crippen molar-refractivity contribution < 1.29 is 0 Å². The van der Waals surface area contributed by atoms with E-state index in [0.717, 1.165) is 6.54 Å². The zero-order valence-corrected chi connectivity index (χ0v) is 10.7. The van der Waals surface area contributed by atoms with E-state index in [4.69, 9.17) is 5.73 Å². The molecule has 1 aromatic heterocycles. The van der Waals surface area contributed by atoms with E-state index in [-0.39, 0.29) is 6.04 Å². The molecule has 18 heavy (non-hydrogen) atoms. The van der Waals surface area contributed by atoms with Gasteiger partial charge in [0.1, 0.15) is 0 Å². The Balaban J connectivity index is 2.09. The average Bonchev–Trinajstić information content (AvgIpc) is 2.42. The summed E-state index contributed by atoms with van der Waals surface area (Å²) in [6.07, 6.45) is 3.69. The number of hydrogen-bond donors (Lipinski definition) is 1. The largest absolute Gasteiger partial charge is 0.329 e. The molecule has 0 radical (unpaired) electrons. The second-order valence-corrected chi connectivity index (χ2v) is 4.44. The molecule has 0 amide bonds. The van der Waals surface area contributed by atoms with Crippen LogP contribution in [0.3, 0.4) is 0 Å².